The Morgan fingerprint density at radius 2 is 2.05 bits per heavy atom. The molecule has 1 aromatic rings. The number of carbonyl (C=O) groups excluding carboxylic acids is 1. The van der Waals surface area contributed by atoms with Crippen LogP contribution >= 0.6 is 43.2 Å². The van der Waals surface area contributed by atoms with Crippen LogP contribution in [0.2, 0.25) is 0 Å². The average Bonchev–Trinajstić information content (AvgIpc) is 2.76. The zero-order valence-electron chi connectivity index (χ0n) is 10.6. The second kappa shape index (κ2) is 7.20. The number of thiophene rings is 1. The van der Waals surface area contributed by atoms with Crippen LogP contribution in [0, 0.1) is 0 Å². The highest BCUT2D eigenvalue weighted by Crippen LogP contribution is 2.34. The van der Waals surface area contributed by atoms with Crippen LogP contribution in [-0.4, -0.2) is 35.1 Å². The molecule has 19 heavy (non-hydrogen) atoms. The van der Waals surface area contributed by atoms with Gasteiger partial charge in [-0.1, -0.05) is 19.3 Å². The molecule has 1 aliphatic carbocycles. The molecule has 0 radical (unpaired) electrons. The van der Waals surface area contributed by atoms with Crippen LogP contribution < -0.4 is 0 Å². The molecule has 2 rings (SSSR count). The van der Waals surface area contributed by atoms with Crippen LogP contribution in [0.5, 0.6) is 0 Å². The van der Waals surface area contributed by atoms with E-state index in [1.54, 1.807) is 0 Å². The summed E-state index contributed by atoms with van der Waals surface area (Å²) in [5.74, 6) is 0.0392. The van der Waals surface area contributed by atoms with Gasteiger partial charge in [-0.2, -0.15) is 0 Å². The van der Waals surface area contributed by atoms with E-state index >= 15 is 0 Å². The molecule has 0 spiro atoms. The van der Waals surface area contributed by atoms with Crippen molar-refractivity contribution in [1.82, 2.24) is 4.90 Å². The molecule has 0 unspecified atom stereocenters. The first-order valence-electron chi connectivity index (χ1n) is 6.50. The van der Waals surface area contributed by atoms with E-state index in [0.717, 1.165) is 26.0 Å². The molecule has 1 aromatic heterocycles. The number of amides is 1. The maximum Gasteiger partial charge on any atom is 0.264 e. The number of nitrogens with zero attached hydrogens (tertiary/aromatic N) is 1. The van der Waals surface area contributed by atoms with Crippen molar-refractivity contribution >= 4 is 49.1 Å². The molecule has 0 atom stereocenters. The van der Waals surface area contributed by atoms with Crippen LogP contribution in [0.15, 0.2) is 14.3 Å². The van der Waals surface area contributed by atoms with Gasteiger partial charge in [-0.3, -0.25) is 4.79 Å². The third kappa shape index (κ3) is 3.80. The Morgan fingerprint density at radius 3 is 2.58 bits per heavy atom. The molecule has 0 saturated heterocycles. The molecule has 1 N–H and O–H groups in total. The Morgan fingerprint density at radius 1 is 1.37 bits per heavy atom. The topological polar surface area (TPSA) is 40.5 Å². The average molecular weight is 411 g/mol. The van der Waals surface area contributed by atoms with Crippen molar-refractivity contribution in [2.75, 3.05) is 13.2 Å². The first kappa shape index (κ1) is 15.5. The molecule has 6 heteroatoms. The van der Waals surface area contributed by atoms with Gasteiger partial charge < -0.3 is 10.0 Å². The Kier molecular flexibility index (Phi) is 5.87. The van der Waals surface area contributed by atoms with E-state index in [4.69, 9.17) is 0 Å². The van der Waals surface area contributed by atoms with Gasteiger partial charge in [0.15, 0.2) is 0 Å². The summed E-state index contributed by atoms with van der Waals surface area (Å²) in [5, 5.41) is 9.21. The first-order chi connectivity index (χ1) is 9.13. The molecular formula is C13H17Br2NO2S. The van der Waals surface area contributed by atoms with Gasteiger partial charge in [-0.25, -0.2) is 0 Å². The summed E-state index contributed by atoms with van der Waals surface area (Å²) in [5.41, 5.74) is 0. The second-order valence-corrected chi connectivity index (χ2v) is 7.97. The fourth-order valence-corrected chi connectivity index (χ4v) is 4.54. The summed E-state index contributed by atoms with van der Waals surface area (Å²) >= 11 is 8.27. The lowest BCUT2D eigenvalue weighted by atomic mass is 9.94. The number of carbonyl (C=O) groups is 1. The van der Waals surface area contributed by atoms with Gasteiger partial charge in [-0.15, -0.1) is 11.3 Å². The zero-order chi connectivity index (χ0) is 13.8. The third-order valence-electron chi connectivity index (χ3n) is 3.47. The Hall–Kier alpha value is 0.0900. The van der Waals surface area contributed by atoms with E-state index in [1.807, 2.05) is 11.0 Å². The standard InChI is InChI=1S/C13H17Br2NO2S/c14-10-8-11(19-12(10)15)13(18)16(6-7-17)9-4-2-1-3-5-9/h8-9,17H,1-7H2. The minimum absolute atomic E-state index is 0.0238. The fraction of sp³-hybridized carbons (Fsp3) is 0.615. The monoisotopic (exact) mass is 409 g/mol. The lowest BCUT2D eigenvalue weighted by Crippen LogP contribution is -2.42. The quantitative estimate of drug-likeness (QED) is 0.813. The first-order valence-corrected chi connectivity index (χ1v) is 8.90. The zero-order valence-corrected chi connectivity index (χ0v) is 14.6. The number of hydrogen-bond acceptors (Lipinski definition) is 3. The minimum atomic E-state index is 0.0238. The Bertz CT molecular complexity index is 424. The van der Waals surface area contributed by atoms with Crippen LogP contribution in [0.3, 0.4) is 0 Å². The number of aliphatic hydroxyl groups is 1. The smallest absolute Gasteiger partial charge is 0.264 e. The highest BCUT2D eigenvalue weighted by atomic mass is 79.9. The summed E-state index contributed by atoms with van der Waals surface area (Å²) in [6, 6.07) is 2.14. The molecule has 0 bridgehead atoms. The second-order valence-electron chi connectivity index (χ2n) is 4.75. The van der Waals surface area contributed by atoms with E-state index in [0.29, 0.717) is 6.54 Å². The predicted octanol–water partition coefficient (Wildman–Crippen LogP) is 4.04. The van der Waals surface area contributed by atoms with Crippen molar-refractivity contribution in [2.24, 2.45) is 0 Å². The molecule has 0 aromatic carbocycles. The number of halogens is 2. The van der Waals surface area contributed by atoms with Crippen LogP contribution in [0.25, 0.3) is 0 Å². The summed E-state index contributed by atoms with van der Waals surface area (Å²) in [6.45, 7) is 0.451. The number of aliphatic hydroxyl groups excluding tert-OH is 1. The van der Waals surface area contributed by atoms with Gasteiger partial charge in [0.1, 0.15) is 0 Å². The maximum absolute atomic E-state index is 12.6. The molecule has 1 aliphatic rings. The summed E-state index contributed by atoms with van der Waals surface area (Å²) in [4.78, 5) is 15.2. The van der Waals surface area contributed by atoms with E-state index in [-0.39, 0.29) is 18.6 Å². The normalized spacial score (nSPS) is 16.6. The molecule has 3 nitrogen and oxygen atoms in total. The summed E-state index contributed by atoms with van der Waals surface area (Å²) < 4.78 is 1.84. The number of hydrogen-bond donors (Lipinski definition) is 1. The van der Waals surface area contributed by atoms with Crippen LogP contribution in [0.4, 0.5) is 0 Å². The highest BCUT2D eigenvalue weighted by Gasteiger charge is 2.27. The van der Waals surface area contributed by atoms with Gasteiger partial charge in [0, 0.05) is 17.1 Å². The van der Waals surface area contributed by atoms with Crippen LogP contribution in [-0.2, 0) is 0 Å². The highest BCUT2D eigenvalue weighted by molar-refractivity contribution is 9.13. The SMILES string of the molecule is O=C(c1cc(Br)c(Br)s1)N(CCO)C1CCCCC1. The van der Waals surface area contributed by atoms with Crippen molar-refractivity contribution in [3.8, 4) is 0 Å². The van der Waals surface area contributed by atoms with Crippen LogP contribution in [0.1, 0.15) is 41.8 Å². The summed E-state index contributed by atoms with van der Waals surface area (Å²) in [7, 11) is 0. The molecule has 1 heterocycles. The third-order valence-corrected chi connectivity index (χ3v) is 6.72. The van der Waals surface area contributed by atoms with E-state index in [9.17, 15) is 9.90 Å². The van der Waals surface area contributed by atoms with E-state index < -0.39 is 0 Å². The lowest BCUT2D eigenvalue weighted by molar-refractivity contribution is 0.0590. The predicted molar refractivity (Wildman–Crippen MR) is 84.7 cm³/mol. The van der Waals surface area contributed by atoms with Gasteiger partial charge in [-0.05, 0) is 50.8 Å². The molecule has 1 amide bonds. The van der Waals surface area contributed by atoms with Crippen molar-refractivity contribution in [3.05, 3.63) is 19.2 Å². The molecule has 1 saturated carbocycles. The van der Waals surface area contributed by atoms with Crippen molar-refractivity contribution < 1.29 is 9.90 Å². The molecule has 106 valence electrons. The Labute approximate surface area is 134 Å². The van der Waals surface area contributed by atoms with E-state index in [2.05, 4.69) is 31.9 Å². The molecular weight excluding hydrogens is 394 g/mol. The minimum Gasteiger partial charge on any atom is -0.395 e. The van der Waals surface area contributed by atoms with E-state index in [1.165, 1.54) is 30.6 Å². The van der Waals surface area contributed by atoms with Crippen molar-refractivity contribution in [2.45, 2.75) is 38.1 Å². The van der Waals surface area contributed by atoms with Gasteiger partial charge in [0.05, 0.1) is 15.3 Å². The Balaban J connectivity index is 2.15. The van der Waals surface area contributed by atoms with Crippen molar-refractivity contribution in [1.29, 1.82) is 0 Å². The van der Waals surface area contributed by atoms with Gasteiger partial charge in [0.2, 0.25) is 0 Å². The molecule has 0 aliphatic heterocycles. The molecule has 1 fully saturated rings. The summed E-state index contributed by atoms with van der Waals surface area (Å²) in [6.07, 6.45) is 5.72. The number of rotatable bonds is 4. The fourth-order valence-electron chi connectivity index (χ4n) is 2.54. The van der Waals surface area contributed by atoms with Gasteiger partial charge >= 0.3 is 0 Å². The largest absolute Gasteiger partial charge is 0.395 e. The lowest BCUT2D eigenvalue weighted by Gasteiger charge is -2.33. The van der Waals surface area contributed by atoms with Crippen molar-refractivity contribution in [3.63, 3.8) is 0 Å². The maximum atomic E-state index is 12.6. The van der Waals surface area contributed by atoms with Gasteiger partial charge in [0.25, 0.3) is 5.91 Å².